The summed E-state index contributed by atoms with van der Waals surface area (Å²) >= 11 is 0. The minimum atomic E-state index is -0.407. The summed E-state index contributed by atoms with van der Waals surface area (Å²) in [4.78, 5) is 26.7. The molecule has 0 radical (unpaired) electrons. The average molecular weight is 343 g/mol. The molecule has 1 aliphatic rings. The number of nitro groups is 1. The Morgan fingerprint density at radius 3 is 2.28 bits per heavy atom. The standard InChI is InChI=1S/C18H18FN3O3/c1-13-12-16(22(24)25)6-7-17(13)20-8-10-21(11-9-20)18(23)14-2-4-15(19)5-3-14/h2-7,12H,8-11H2,1H3. The van der Waals surface area contributed by atoms with E-state index in [9.17, 15) is 19.3 Å². The van der Waals surface area contributed by atoms with E-state index in [0.717, 1.165) is 11.3 Å². The van der Waals surface area contributed by atoms with Crippen LogP contribution in [0, 0.1) is 22.9 Å². The van der Waals surface area contributed by atoms with Gasteiger partial charge in [0.2, 0.25) is 0 Å². The Morgan fingerprint density at radius 1 is 1.08 bits per heavy atom. The Hall–Kier alpha value is -2.96. The second kappa shape index (κ2) is 6.88. The number of hydrogen-bond acceptors (Lipinski definition) is 4. The van der Waals surface area contributed by atoms with Gasteiger partial charge in [-0.2, -0.15) is 0 Å². The highest BCUT2D eigenvalue weighted by atomic mass is 19.1. The SMILES string of the molecule is Cc1cc([N+](=O)[O-])ccc1N1CCN(C(=O)c2ccc(F)cc2)CC1. The first-order chi connectivity index (χ1) is 12.0. The van der Waals surface area contributed by atoms with Crippen molar-refractivity contribution in [2.45, 2.75) is 6.92 Å². The van der Waals surface area contributed by atoms with Crippen molar-refractivity contribution in [2.24, 2.45) is 0 Å². The van der Waals surface area contributed by atoms with Crippen LogP contribution in [0.3, 0.4) is 0 Å². The van der Waals surface area contributed by atoms with Crippen molar-refractivity contribution in [2.75, 3.05) is 31.1 Å². The maximum Gasteiger partial charge on any atom is 0.269 e. The molecule has 6 nitrogen and oxygen atoms in total. The van der Waals surface area contributed by atoms with Crippen molar-refractivity contribution in [3.8, 4) is 0 Å². The monoisotopic (exact) mass is 343 g/mol. The molecule has 0 N–H and O–H groups in total. The molecule has 0 spiro atoms. The van der Waals surface area contributed by atoms with E-state index in [0.29, 0.717) is 31.7 Å². The third-order valence-corrected chi connectivity index (χ3v) is 4.39. The van der Waals surface area contributed by atoms with Gasteiger partial charge in [-0.15, -0.1) is 0 Å². The number of hydrogen-bond donors (Lipinski definition) is 0. The van der Waals surface area contributed by atoms with Gasteiger partial charge in [0.25, 0.3) is 11.6 Å². The third-order valence-electron chi connectivity index (χ3n) is 4.39. The van der Waals surface area contributed by atoms with E-state index >= 15 is 0 Å². The summed E-state index contributed by atoms with van der Waals surface area (Å²) in [6.07, 6.45) is 0. The van der Waals surface area contributed by atoms with Crippen LogP contribution in [0.25, 0.3) is 0 Å². The Balaban J connectivity index is 1.66. The number of benzene rings is 2. The van der Waals surface area contributed by atoms with Crippen molar-refractivity contribution in [1.29, 1.82) is 0 Å². The Kier molecular flexibility index (Phi) is 4.65. The number of rotatable bonds is 3. The van der Waals surface area contributed by atoms with Gasteiger partial charge in [-0.1, -0.05) is 0 Å². The predicted octanol–water partition coefficient (Wildman–Crippen LogP) is 3.00. The lowest BCUT2D eigenvalue weighted by molar-refractivity contribution is -0.384. The molecule has 3 rings (SSSR count). The maximum atomic E-state index is 13.0. The number of carbonyl (C=O) groups excluding carboxylic acids is 1. The van der Waals surface area contributed by atoms with Crippen LogP contribution in [0.5, 0.6) is 0 Å². The van der Waals surface area contributed by atoms with E-state index in [2.05, 4.69) is 4.90 Å². The summed E-state index contributed by atoms with van der Waals surface area (Å²) in [5, 5.41) is 10.8. The van der Waals surface area contributed by atoms with Gasteiger partial charge in [0.05, 0.1) is 4.92 Å². The fourth-order valence-corrected chi connectivity index (χ4v) is 3.03. The highest BCUT2D eigenvalue weighted by molar-refractivity contribution is 5.94. The van der Waals surface area contributed by atoms with E-state index in [1.54, 1.807) is 17.0 Å². The summed E-state index contributed by atoms with van der Waals surface area (Å²) in [5.74, 6) is -0.477. The van der Waals surface area contributed by atoms with Gasteiger partial charge < -0.3 is 9.80 Å². The Labute approximate surface area is 144 Å². The molecule has 7 heteroatoms. The first-order valence-corrected chi connectivity index (χ1v) is 8.00. The van der Waals surface area contributed by atoms with E-state index in [1.165, 1.54) is 30.3 Å². The third kappa shape index (κ3) is 3.60. The molecule has 1 amide bonds. The molecule has 25 heavy (non-hydrogen) atoms. The van der Waals surface area contributed by atoms with Gasteiger partial charge in [0, 0.05) is 49.6 Å². The molecule has 1 fully saturated rings. The van der Waals surface area contributed by atoms with Crippen molar-refractivity contribution >= 4 is 17.3 Å². The first kappa shape index (κ1) is 16.9. The van der Waals surface area contributed by atoms with Crippen LogP contribution in [-0.4, -0.2) is 41.9 Å². The summed E-state index contributed by atoms with van der Waals surface area (Å²) in [6, 6.07) is 10.4. The van der Waals surface area contributed by atoms with E-state index < -0.39 is 4.92 Å². The molecule has 2 aromatic carbocycles. The average Bonchev–Trinajstić information content (AvgIpc) is 2.62. The van der Waals surface area contributed by atoms with E-state index in [1.807, 2.05) is 6.92 Å². The molecular formula is C18H18FN3O3. The topological polar surface area (TPSA) is 66.7 Å². The van der Waals surface area contributed by atoms with Gasteiger partial charge in [0.1, 0.15) is 5.82 Å². The molecule has 1 aliphatic heterocycles. The zero-order valence-electron chi connectivity index (χ0n) is 13.8. The minimum absolute atomic E-state index is 0.0753. The molecule has 1 heterocycles. The summed E-state index contributed by atoms with van der Waals surface area (Å²) in [7, 11) is 0. The van der Waals surface area contributed by atoms with Crippen LogP contribution >= 0.6 is 0 Å². The summed E-state index contributed by atoms with van der Waals surface area (Å²) < 4.78 is 13.0. The van der Waals surface area contributed by atoms with Crippen molar-refractivity contribution in [3.63, 3.8) is 0 Å². The van der Waals surface area contributed by atoms with E-state index in [4.69, 9.17) is 0 Å². The number of carbonyl (C=O) groups is 1. The second-order valence-electron chi connectivity index (χ2n) is 6.01. The normalized spacial score (nSPS) is 14.5. The first-order valence-electron chi connectivity index (χ1n) is 8.00. The quantitative estimate of drug-likeness (QED) is 0.635. The number of nitro benzene ring substituents is 1. The molecule has 2 aromatic rings. The van der Waals surface area contributed by atoms with Crippen molar-refractivity contribution < 1.29 is 14.1 Å². The molecule has 130 valence electrons. The molecule has 0 aromatic heterocycles. The number of piperazine rings is 1. The van der Waals surface area contributed by atoms with E-state index in [-0.39, 0.29) is 17.4 Å². The zero-order chi connectivity index (χ0) is 18.0. The summed E-state index contributed by atoms with van der Waals surface area (Å²) in [6.45, 7) is 4.23. The predicted molar refractivity (Wildman–Crippen MR) is 92.3 cm³/mol. The molecule has 0 atom stereocenters. The Morgan fingerprint density at radius 2 is 1.72 bits per heavy atom. The lowest BCUT2D eigenvalue weighted by atomic mass is 10.1. The highest BCUT2D eigenvalue weighted by Crippen LogP contribution is 2.26. The molecule has 1 saturated heterocycles. The maximum absolute atomic E-state index is 13.0. The Bertz CT molecular complexity index is 800. The molecule has 0 saturated carbocycles. The molecule has 0 unspecified atom stereocenters. The number of nitrogens with zero attached hydrogens (tertiary/aromatic N) is 3. The molecule has 0 bridgehead atoms. The molecular weight excluding hydrogens is 325 g/mol. The van der Waals surface area contributed by atoms with Crippen molar-refractivity contribution in [3.05, 3.63) is 69.5 Å². The van der Waals surface area contributed by atoms with Gasteiger partial charge in [-0.25, -0.2) is 4.39 Å². The van der Waals surface area contributed by atoms with Crippen LogP contribution in [0.2, 0.25) is 0 Å². The number of anilines is 1. The number of halogens is 1. The second-order valence-corrected chi connectivity index (χ2v) is 6.01. The smallest absolute Gasteiger partial charge is 0.269 e. The minimum Gasteiger partial charge on any atom is -0.368 e. The fourth-order valence-electron chi connectivity index (χ4n) is 3.03. The van der Waals surface area contributed by atoms with Gasteiger partial charge in [-0.3, -0.25) is 14.9 Å². The number of amides is 1. The summed E-state index contributed by atoms with van der Waals surface area (Å²) in [5.41, 5.74) is 2.33. The van der Waals surface area contributed by atoms with Gasteiger partial charge in [-0.05, 0) is 42.8 Å². The van der Waals surface area contributed by atoms with Crippen molar-refractivity contribution in [1.82, 2.24) is 4.90 Å². The lowest BCUT2D eigenvalue weighted by Gasteiger charge is -2.36. The van der Waals surface area contributed by atoms with Crippen LogP contribution < -0.4 is 4.90 Å². The van der Waals surface area contributed by atoms with Crippen LogP contribution in [0.4, 0.5) is 15.8 Å². The van der Waals surface area contributed by atoms with Crippen LogP contribution in [-0.2, 0) is 0 Å². The van der Waals surface area contributed by atoms with Crippen LogP contribution in [0.1, 0.15) is 15.9 Å². The zero-order valence-corrected chi connectivity index (χ0v) is 13.8. The fraction of sp³-hybridized carbons (Fsp3) is 0.278. The number of aryl methyl sites for hydroxylation is 1. The van der Waals surface area contributed by atoms with Gasteiger partial charge in [0.15, 0.2) is 0 Å². The largest absolute Gasteiger partial charge is 0.368 e. The highest BCUT2D eigenvalue weighted by Gasteiger charge is 2.23. The lowest BCUT2D eigenvalue weighted by Crippen LogP contribution is -2.49. The number of non-ortho nitro benzene ring substituents is 1. The van der Waals surface area contributed by atoms with Gasteiger partial charge >= 0.3 is 0 Å². The van der Waals surface area contributed by atoms with Crippen LogP contribution in [0.15, 0.2) is 42.5 Å². The molecule has 0 aliphatic carbocycles.